The van der Waals surface area contributed by atoms with Crippen LogP contribution in [0.3, 0.4) is 0 Å². The normalized spacial score (nSPS) is 18.1. The average molecular weight is 501 g/mol. The molecule has 1 aliphatic rings. The lowest BCUT2D eigenvalue weighted by atomic mass is 9.90. The largest absolute Gasteiger partial charge is 0.493 e. The molecule has 1 N–H and O–H groups in total. The van der Waals surface area contributed by atoms with Crippen molar-refractivity contribution in [1.82, 2.24) is 15.0 Å². The highest BCUT2D eigenvalue weighted by Gasteiger charge is 2.45. The fourth-order valence-corrected chi connectivity index (χ4v) is 3.86. The summed E-state index contributed by atoms with van der Waals surface area (Å²) in [4.78, 5) is 39.0. The minimum atomic E-state index is -5.35. The number of aromatic nitrogens is 2. The van der Waals surface area contributed by atoms with Crippen molar-refractivity contribution in [3.8, 4) is 0 Å². The maximum atomic E-state index is 13.6. The summed E-state index contributed by atoms with van der Waals surface area (Å²) in [5.74, 6) is -5.03. The van der Waals surface area contributed by atoms with Crippen LogP contribution >= 0.6 is 0 Å². The number of carbonyl (C=O) groups excluding carboxylic acids is 2. The molecule has 3 rings (SSSR count). The number of halogens is 5. The first-order chi connectivity index (χ1) is 16.4. The molecule has 13 heteroatoms. The van der Waals surface area contributed by atoms with Gasteiger partial charge in [-0.2, -0.15) is 18.2 Å². The third-order valence-electron chi connectivity index (χ3n) is 5.63. The van der Waals surface area contributed by atoms with E-state index in [0.717, 1.165) is 17.4 Å². The van der Waals surface area contributed by atoms with Crippen molar-refractivity contribution in [2.24, 2.45) is 0 Å². The van der Waals surface area contributed by atoms with Gasteiger partial charge in [0.05, 0.1) is 6.04 Å². The zero-order valence-electron chi connectivity index (χ0n) is 19.2. The highest BCUT2D eigenvalue weighted by Crippen LogP contribution is 2.30. The van der Waals surface area contributed by atoms with Gasteiger partial charge >= 0.3 is 12.1 Å². The van der Waals surface area contributed by atoms with E-state index in [1.807, 2.05) is 25.9 Å². The van der Waals surface area contributed by atoms with E-state index in [9.17, 15) is 31.5 Å². The second-order valence-corrected chi connectivity index (χ2v) is 8.35. The smallest absolute Gasteiger partial charge is 0.367 e. The summed E-state index contributed by atoms with van der Waals surface area (Å²) in [5, 5.41) is 3.60. The van der Waals surface area contributed by atoms with Crippen LogP contribution in [0, 0.1) is 18.6 Å². The SMILES string of the molecule is Cc1c(NC2CCC(N(OC(=O)C(F)(F)F)C(=O)c3ccc(F)c(F)c3)CC2)ncnc1N(C)C. The molecule has 0 aliphatic heterocycles. The fourth-order valence-electron chi connectivity index (χ4n) is 3.86. The molecule has 1 heterocycles. The van der Waals surface area contributed by atoms with Gasteiger partial charge in [0, 0.05) is 31.3 Å². The number of anilines is 2. The summed E-state index contributed by atoms with van der Waals surface area (Å²) in [6, 6.07) is 1.10. The minimum absolute atomic E-state index is 0.117. The van der Waals surface area contributed by atoms with Gasteiger partial charge in [-0.25, -0.2) is 23.5 Å². The summed E-state index contributed by atoms with van der Waals surface area (Å²) in [6.07, 6.45) is -2.74. The molecule has 0 saturated heterocycles. The summed E-state index contributed by atoms with van der Waals surface area (Å²) >= 11 is 0. The van der Waals surface area contributed by atoms with Crippen LogP contribution in [0.1, 0.15) is 41.6 Å². The van der Waals surface area contributed by atoms with E-state index in [1.165, 1.54) is 6.33 Å². The van der Waals surface area contributed by atoms with Gasteiger partial charge in [-0.3, -0.25) is 4.79 Å². The maximum Gasteiger partial charge on any atom is 0.493 e. The van der Waals surface area contributed by atoms with Gasteiger partial charge in [0.2, 0.25) is 0 Å². The summed E-state index contributed by atoms with van der Waals surface area (Å²) in [7, 11) is 3.68. The molecule has 1 saturated carbocycles. The topological polar surface area (TPSA) is 87.7 Å². The molecule has 0 bridgehead atoms. The Morgan fingerprint density at radius 3 is 2.29 bits per heavy atom. The molecule has 190 valence electrons. The number of hydroxylamine groups is 2. The molecule has 1 aliphatic carbocycles. The van der Waals surface area contributed by atoms with Crippen molar-refractivity contribution in [3.63, 3.8) is 0 Å². The second-order valence-electron chi connectivity index (χ2n) is 8.35. The number of hydrogen-bond donors (Lipinski definition) is 1. The summed E-state index contributed by atoms with van der Waals surface area (Å²) in [6.45, 7) is 1.85. The van der Waals surface area contributed by atoms with E-state index in [1.54, 1.807) is 0 Å². The molecular formula is C22H24F5N5O3. The van der Waals surface area contributed by atoms with Crippen LogP contribution in [0.4, 0.5) is 33.6 Å². The molecule has 8 nitrogen and oxygen atoms in total. The van der Waals surface area contributed by atoms with Crippen LogP contribution in [0.2, 0.25) is 0 Å². The Bertz CT molecular complexity index is 1090. The lowest BCUT2D eigenvalue weighted by Crippen LogP contribution is -2.47. The highest BCUT2D eigenvalue weighted by molar-refractivity contribution is 5.94. The number of alkyl halides is 3. The second kappa shape index (κ2) is 10.4. The van der Waals surface area contributed by atoms with Gasteiger partial charge in [0.15, 0.2) is 11.6 Å². The quantitative estimate of drug-likeness (QED) is 0.489. The van der Waals surface area contributed by atoms with Crippen molar-refractivity contribution in [3.05, 3.63) is 47.3 Å². The summed E-state index contributed by atoms with van der Waals surface area (Å²) in [5.41, 5.74) is 0.362. The molecule has 0 radical (unpaired) electrons. The van der Waals surface area contributed by atoms with Crippen LogP contribution in [0.15, 0.2) is 24.5 Å². The van der Waals surface area contributed by atoms with Gasteiger partial charge in [0.25, 0.3) is 5.91 Å². The molecular weight excluding hydrogens is 477 g/mol. The standard InChI is InChI=1S/C22H24F5N5O3/c1-12-18(28-11-29-19(12)31(2)3)30-14-5-7-15(8-6-14)32(35-21(34)22(25,26)27)20(33)13-4-9-16(23)17(24)10-13/h4,9-11,14-15H,5-8H2,1-3H3,(H,28,29,30). The average Bonchev–Trinajstić information content (AvgIpc) is 2.80. The molecule has 1 amide bonds. The van der Waals surface area contributed by atoms with Crippen LogP contribution < -0.4 is 10.2 Å². The first-order valence-corrected chi connectivity index (χ1v) is 10.7. The van der Waals surface area contributed by atoms with Gasteiger partial charge in [-0.1, -0.05) is 0 Å². The van der Waals surface area contributed by atoms with Crippen molar-refractivity contribution in [2.45, 2.75) is 50.9 Å². The van der Waals surface area contributed by atoms with E-state index in [4.69, 9.17) is 0 Å². The number of nitrogens with one attached hydrogen (secondary N) is 1. The monoisotopic (exact) mass is 501 g/mol. The number of amides is 1. The Labute approximate surface area is 198 Å². The van der Waals surface area contributed by atoms with Crippen LogP contribution in [-0.2, 0) is 9.63 Å². The molecule has 0 atom stereocenters. The number of hydrogen-bond acceptors (Lipinski definition) is 7. The van der Waals surface area contributed by atoms with Crippen molar-refractivity contribution < 1.29 is 36.4 Å². The zero-order valence-corrected chi connectivity index (χ0v) is 19.2. The number of carbonyl (C=O) groups is 2. The predicted octanol–water partition coefficient (Wildman–Crippen LogP) is 4.02. The molecule has 1 fully saturated rings. The van der Waals surface area contributed by atoms with Crippen LogP contribution in [0.5, 0.6) is 0 Å². The first-order valence-electron chi connectivity index (χ1n) is 10.7. The van der Waals surface area contributed by atoms with Crippen LogP contribution in [0.25, 0.3) is 0 Å². The molecule has 1 aromatic carbocycles. The van der Waals surface area contributed by atoms with Gasteiger partial charge in [-0.05, 0) is 50.8 Å². The highest BCUT2D eigenvalue weighted by atomic mass is 19.4. The summed E-state index contributed by atoms with van der Waals surface area (Å²) < 4.78 is 65.4. The lowest BCUT2D eigenvalue weighted by molar-refractivity contribution is -0.235. The van der Waals surface area contributed by atoms with Gasteiger partial charge in [-0.15, -0.1) is 0 Å². The van der Waals surface area contributed by atoms with Crippen molar-refractivity contribution in [1.29, 1.82) is 0 Å². The lowest BCUT2D eigenvalue weighted by Gasteiger charge is -2.35. The Morgan fingerprint density at radius 1 is 1.06 bits per heavy atom. The number of rotatable bonds is 5. The van der Waals surface area contributed by atoms with Gasteiger partial charge < -0.3 is 15.1 Å². The number of nitrogens with zero attached hydrogens (tertiary/aromatic N) is 4. The molecule has 2 aromatic rings. The van der Waals surface area contributed by atoms with Crippen LogP contribution in [-0.4, -0.2) is 59.3 Å². The van der Waals surface area contributed by atoms with E-state index in [2.05, 4.69) is 20.1 Å². The Morgan fingerprint density at radius 2 is 1.71 bits per heavy atom. The van der Waals surface area contributed by atoms with Crippen molar-refractivity contribution >= 4 is 23.5 Å². The minimum Gasteiger partial charge on any atom is -0.367 e. The van der Waals surface area contributed by atoms with E-state index in [0.29, 0.717) is 35.9 Å². The third kappa shape index (κ3) is 6.14. The molecule has 1 aromatic heterocycles. The Kier molecular flexibility index (Phi) is 7.76. The third-order valence-corrected chi connectivity index (χ3v) is 5.63. The zero-order chi connectivity index (χ0) is 25.9. The fraction of sp³-hybridized carbons (Fsp3) is 0.455. The van der Waals surface area contributed by atoms with E-state index in [-0.39, 0.29) is 18.9 Å². The predicted molar refractivity (Wildman–Crippen MR) is 115 cm³/mol. The van der Waals surface area contributed by atoms with E-state index >= 15 is 0 Å². The first kappa shape index (κ1) is 26.1. The van der Waals surface area contributed by atoms with Gasteiger partial charge in [0.1, 0.15) is 18.0 Å². The molecule has 0 unspecified atom stereocenters. The number of benzene rings is 1. The maximum absolute atomic E-state index is 13.6. The molecule has 35 heavy (non-hydrogen) atoms. The van der Waals surface area contributed by atoms with E-state index < -0.39 is 41.3 Å². The Balaban J connectivity index is 1.75. The molecule has 0 spiro atoms. The van der Waals surface area contributed by atoms with Crippen molar-refractivity contribution in [2.75, 3.05) is 24.3 Å². The Hall–Kier alpha value is -3.51.